The Morgan fingerprint density at radius 1 is 1.54 bits per heavy atom. The smallest absolute Gasteiger partial charge is 0.339 e. The Hall–Kier alpha value is -1.27. The van der Waals surface area contributed by atoms with Gasteiger partial charge in [-0.05, 0) is 12.5 Å². The first kappa shape index (κ1) is 11.7. The second-order valence-corrected chi connectivity index (χ2v) is 2.34. The van der Waals surface area contributed by atoms with Gasteiger partial charge in [-0.2, -0.15) is 0 Å². The van der Waals surface area contributed by atoms with Crippen LogP contribution in [0.1, 0.15) is 19.8 Å². The molecule has 0 bridgehead atoms. The van der Waals surface area contributed by atoms with Crippen molar-refractivity contribution >= 4 is 5.97 Å². The lowest BCUT2D eigenvalue weighted by atomic mass is 10.4. The van der Waals surface area contributed by atoms with Crippen molar-refractivity contribution in [2.24, 2.45) is 0 Å². The van der Waals surface area contributed by atoms with Gasteiger partial charge in [0.1, 0.15) is 0 Å². The minimum absolute atomic E-state index is 0.105. The zero-order valence-electron chi connectivity index (χ0n) is 7.75. The standard InChI is InChI=1S/C10H14O3/c1-2-3-9-13-10(12)7-5-4-6-8-11/h6-7,11H,2-3,8-9H2,1H3. The van der Waals surface area contributed by atoms with Crippen LogP contribution in [0.2, 0.25) is 0 Å². The summed E-state index contributed by atoms with van der Waals surface area (Å²) in [5, 5.41) is 8.32. The first-order valence-electron chi connectivity index (χ1n) is 4.24. The van der Waals surface area contributed by atoms with Crippen LogP contribution in [-0.2, 0) is 9.53 Å². The van der Waals surface area contributed by atoms with Crippen molar-refractivity contribution in [2.75, 3.05) is 13.2 Å². The molecule has 3 nitrogen and oxygen atoms in total. The summed E-state index contributed by atoms with van der Waals surface area (Å²) in [5.41, 5.74) is 4.92. The predicted molar refractivity (Wildman–Crippen MR) is 49.1 cm³/mol. The van der Waals surface area contributed by atoms with Crippen molar-refractivity contribution < 1.29 is 14.6 Å². The number of unbranched alkanes of at least 4 members (excludes halogenated alkanes) is 1. The second kappa shape index (κ2) is 8.82. The summed E-state index contributed by atoms with van der Waals surface area (Å²) in [4.78, 5) is 10.8. The summed E-state index contributed by atoms with van der Waals surface area (Å²) in [6.45, 7) is 2.36. The number of hydrogen-bond donors (Lipinski definition) is 1. The molecule has 0 aliphatic carbocycles. The molecule has 0 rings (SSSR count). The molecule has 0 atom stereocenters. The van der Waals surface area contributed by atoms with E-state index in [4.69, 9.17) is 9.84 Å². The molecule has 72 valence electrons. The van der Waals surface area contributed by atoms with E-state index in [-0.39, 0.29) is 6.61 Å². The quantitative estimate of drug-likeness (QED) is 0.300. The molecule has 0 aromatic heterocycles. The molecule has 0 aromatic rings. The Kier molecular flexibility index (Phi) is 7.96. The van der Waals surface area contributed by atoms with Crippen LogP contribution in [0.5, 0.6) is 0 Å². The number of aliphatic hydroxyl groups excluding tert-OH is 1. The van der Waals surface area contributed by atoms with E-state index in [9.17, 15) is 4.79 Å². The molecule has 0 unspecified atom stereocenters. The Bertz CT molecular complexity index is 231. The lowest BCUT2D eigenvalue weighted by Crippen LogP contribution is -2.00. The van der Waals surface area contributed by atoms with Crippen molar-refractivity contribution in [1.29, 1.82) is 0 Å². The van der Waals surface area contributed by atoms with Gasteiger partial charge in [-0.25, -0.2) is 4.79 Å². The molecular weight excluding hydrogens is 168 g/mol. The third kappa shape index (κ3) is 8.64. The fourth-order valence-corrected chi connectivity index (χ4v) is 0.564. The average molecular weight is 182 g/mol. The highest BCUT2D eigenvalue weighted by molar-refractivity contribution is 5.81. The minimum Gasteiger partial charge on any atom is -0.462 e. The van der Waals surface area contributed by atoms with E-state index in [2.05, 4.69) is 11.5 Å². The summed E-state index contributed by atoms with van der Waals surface area (Å²) in [6.07, 6.45) is 4.38. The van der Waals surface area contributed by atoms with Crippen LogP contribution in [0.3, 0.4) is 0 Å². The van der Waals surface area contributed by atoms with E-state index in [1.54, 1.807) is 0 Å². The third-order valence-electron chi connectivity index (χ3n) is 1.21. The number of esters is 1. The van der Waals surface area contributed by atoms with Crippen LogP contribution in [0.4, 0.5) is 0 Å². The molecule has 0 aliphatic heterocycles. The molecule has 3 heteroatoms. The molecule has 0 aliphatic rings. The number of carbonyl (C=O) groups is 1. The van der Waals surface area contributed by atoms with Gasteiger partial charge in [0, 0.05) is 0 Å². The zero-order chi connectivity index (χ0) is 9.94. The highest BCUT2D eigenvalue weighted by Crippen LogP contribution is 1.88. The van der Waals surface area contributed by atoms with Gasteiger partial charge in [-0.3, -0.25) is 0 Å². The lowest BCUT2D eigenvalue weighted by molar-refractivity contribution is -0.137. The summed E-state index contributed by atoms with van der Waals surface area (Å²) in [6, 6.07) is 0. The topological polar surface area (TPSA) is 46.5 Å². The Morgan fingerprint density at radius 3 is 2.92 bits per heavy atom. The van der Waals surface area contributed by atoms with Crippen molar-refractivity contribution in [2.45, 2.75) is 19.8 Å². The summed E-state index contributed by atoms with van der Waals surface area (Å²) < 4.78 is 4.79. The van der Waals surface area contributed by atoms with Gasteiger partial charge in [-0.15, -0.1) is 0 Å². The van der Waals surface area contributed by atoms with Gasteiger partial charge in [0.2, 0.25) is 0 Å². The molecule has 13 heavy (non-hydrogen) atoms. The monoisotopic (exact) mass is 182 g/mol. The van der Waals surface area contributed by atoms with E-state index < -0.39 is 5.97 Å². The van der Waals surface area contributed by atoms with E-state index in [1.807, 2.05) is 6.92 Å². The van der Waals surface area contributed by atoms with Gasteiger partial charge in [0.15, 0.2) is 0 Å². The van der Waals surface area contributed by atoms with E-state index in [1.165, 1.54) is 6.08 Å². The highest BCUT2D eigenvalue weighted by atomic mass is 16.5. The summed E-state index contributed by atoms with van der Waals surface area (Å²) in [7, 11) is 0. The van der Waals surface area contributed by atoms with Crippen molar-refractivity contribution in [3.63, 3.8) is 0 Å². The molecule has 0 spiro atoms. The maximum atomic E-state index is 10.8. The highest BCUT2D eigenvalue weighted by Gasteiger charge is 1.93. The van der Waals surface area contributed by atoms with Crippen LogP contribution >= 0.6 is 0 Å². The second-order valence-electron chi connectivity index (χ2n) is 2.34. The SMILES string of the molecule is CCCCOC(=O)C=C=C=CCO. The van der Waals surface area contributed by atoms with Crippen LogP contribution in [-0.4, -0.2) is 24.3 Å². The molecule has 0 radical (unpaired) electrons. The van der Waals surface area contributed by atoms with Crippen molar-refractivity contribution in [1.82, 2.24) is 0 Å². The maximum Gasteiger partial charge on any atom is 0.339 e. The van der Waals surface area contributed by atoms with Gasteiger partial charge < -0.3 is 9.84 Å². The Morgan fingerprint density at radius 2 is 2.31 bits per heavy atom. The fourth-order valence-electron chi connectivity index (χ4n) is 0.564. The molecule has 0 saturated heterocycles. The van der Waals surface area contributed by atoms with Crippen molar-refractivity contribution in [3.8, 4) is 0 Å². The van der Waals surface area contributed by atoms with Crippen LogP contribution in [0.15, 0.2) is 23.6 Å². The number of carbonyl (C=O) groups excluding carboxylic acids is 1. The third-order valence-corrected chi connectivity index (χ3v) is 1.21. The van der Waals surface area contributed by atoms with E-state index in [0.717, 1.165) is 18.9 Å². The van der Waals surface area contributed by atoms with Crippen LogP contribution < -0.4 is 0 Å². The maximum absolute atomic E-state index is 10.8. The Balaban J connectivity index is 3.74. The molecule has 0 saturated carbocycles. The van der Waals surface area contributed by atoms with Gasteiger partial charge in [0.25, 0.3) is 0 Å². The number of hydrogen-bond acceptors (Lipinski definition) is 3. The number of rotatable bonds is 5. The van der Waals surface area contributed by atoms with Crippen LogP contribution in [0.25, 0.3) is 0 Å². The average Bonchev–Trinajstić information content (AvgIpc) is 2.13. The van der Waals surface area contributed by atoms with E-state index >= 15 is 0 Å². The fraction of sp³-hybridized carbons (Fsp3) is 0.500. The molecule has 1 N–H and O–H groups in total. The molecule has 0 aromatic carbocycles. The van der Waals surface area contributed by atoms with Crippen molar-refractivity contribution in [3.05, 3.63) is 23.6 Å². The first-order chi connectivity index (χ1) is 6.31. The van der Waals surface area contributed by atoms with Gasteiger partial charge in [-0.1, -0.05) is 24.8 Å². The van der Waals surface area contributed by atoms with Gasteiger partial charge in [0.05, 0.1) is 19.3 Å². The Labute approximate surface area is 78.0 Å². The number of ether oxygens (including phenoxy) is 1. The first-order valence-corrected chi connectivity index (χ1v) is 4.24. The minimum atomic E-state index is -0.424. The van der Waals surface area contributed by atoms with Crippen LogP contribution in [0, 0.1) is 0 Å². The van der Waals surface area contributed by atoms with E-state index in [0.29, 0.717) is 6.61 Å². The lowest BCUT2D eigenvalue weighted by Gasteiger charge is -1.96. The molecular formula is C10H14O3. The summed E-state index contributed by atoms with van der Waals surface area (Å²) in [5.74, 6) is -0.424. The largest absolute Gasteiger partial charge is 0.462 e. The number of aliphatic hydroxyl groups is 1. The predicted octanol–water partition coefficient (Wildman–Crippen LogP) is 1.19. The zero-order valence-corrected chi connectivity index (χ0v) is 7.75. The molecule has 0 fully saturated rings. The normalized spacial score (nSPS) is 8.15. The summed E-state index contributed by atoms with van der Waals surface area (Å²) >= 11 is 0. The molecule has 0 heterocycles. The van der Waals surface area contributed by atoms with Gasteiger partial charge >= 0.3 is 5.97 Å². The molecule has 0 amide bonds.